The van der Waals surface area contributed by atoms with Gasteiger partial charge >= 0.3 is 0 Å². The topological polar surface area (TPSA) is 74.8 Å². The molecule has 1 aromatic carbocycles. The van der Waals surface area contributed by atoms with Crippen LogP contribution in [0.25, 0.3) is 10.2 Å². The van der Waals surface area contributed by atoms with E-state index in [1.807, 2.05) is 26.8 Å². The standard InChI is InChI=1S/C22H25N3O2S2/c1-12-13(2)29-22-19(12)21(27)24-18(25-22)11-28-14(3)20(26)23-17-10-6-8-15-7-4-5-9-16(15)17/h4-5,7,9,14,17H,6,8,10-11H2,1-3H3,(H,23,26)(H,24,25,27)/t14-,17+/m0/s1. The van der Waals surface area contributed by atoms with Crippen molar-refractivity contribution in [1.29, 1.82) is 0 Å². The van der Waals surface area contributed by atoms with Gasteiger partial charge in [-0.05, 0) is 56.7 Å². The van der Waals surface area contributed by atoms with E-state index in [2.05, 4.69) is 33.5 Å². The zero-order valence-electron chi connectivity index (χ0n) is 16.9. The van der Waals surface area contributed by atoms with Crippen LogP contribution in [0.5, 0.6) is 0 Å². The maximum atomic E-state index is 12.7. The Morgan fingerprint density at radius 3 is 3.00 bits per heavy atom. The monoisotopic (exact) mass is 427 g/mol. The van der Waals surface area contributed by atoms with Crippen LogP contribution in [0.1, 0.15) is 53.2 Å². The number of fused-ring (bicyclic) bond motifs is 2. The van der Waals surface area contributed by atoms with E-state index in [9.17, 15) is 9.59 Å². The van der Waals surface area contributed by atoms with Crippen molar-refractivity contribution < 1.29 is 4.79 Å². The minimum atomic E-state index is -0.225. The Balaban J connectivity index is 1.41. The molecule has 0 fully saturated rings. The summed E-state index contributed by atoms with van der Waals surface area (Å²) in [6.07, 6.45) is 3.15. The second-order valence-corrected chi connectivity index (χ2v) is 10.1. The van der Waals surface area contributed by atoms with Crippen LogP contribution < -0.4 is 10.9 Å². The predicted octanol–water partition coefficient (Wildman–Crippen LogP) is 4.42. The van der Waals surface area contributed by atoms with Crippen molar-refractivity contribution in [2.45, 2.75) is 57.1 Å². The molecule has 2 heterocycles. The van der Waals surface area contributed by atoms with Crippen molar-refractivity contribution in [3.63, 3.8) is 0 Å². The molecule has 0 radical (unpaired) electrons. The number of hydrogen-bond acceptors (Lipinski definition) is 5. The number of carbonyl (C=O) groups excluding carboxylic acids is 1. The maximum absolute atomic E-state index is 12.7. The predicted molar refractivity (Wildman–Crippen MR) is 121 cm³/mol. The van der Waals surface area contributed by atoms with Crippen molar-refractivity contribution in [2.24, 2.45) is 0 Å². The molecular weight excluding hydrogens is 402 g/mol. The van der Waals surface area contributed by atoms with E-state index in [0.29, 0.717) is 17.0 Å². The first-order valence-corrected chi connectivity index (χ1v) is 11.8. The van der Waals surface area contributed by atoms with E-state index >= 15 is 0 Å². The molecule has 1 amide bonds. The van der Waals surface area contributed by atoms with E-state index in [4.69, 9.17) is 0 Å². The Labute approximate surface area is 178 Å². The Morgan fingerprint density at radius 2 is 2.17 bits per heavy atom. The van der Waals surface area contributed by atoms with Crippen molar-refractivity contribution in [3.8, 4) is 0 Å². The second-order valence-electron chi connectivity index (χ2n) is 7.58. The molecule has 0 spiro atoms. The Bertz CT molecular complexity index is 1120. The minimum absolute atomic E-state index is 0.0305. The molecule has 152 valence electrons. The van der Waals surface area contributed by atoms with Crippen LogP contribution >= 0.6 is 23.1 Å². The molecule has 29 heavy (non-hydrogen) atoms. The minimum Gasteiger partial charge on any atom is -0.348 e. The molecule has 0 bridgehead atoms. The molecular formula is C22H25N3O2S2. The molecule has 1 aliphatic rings. The second kappa shape index (κ2) is 8.32. The third-order valence-corrected chi connectivity index (χ3v) is 7.87. The summed E-state index contributed by atoms with van der Waals surface area (Å²) in [6, 6.07) is 8.45. The molecule has 2 N–H and O–H groups in total. The summed E-state index contributed by atoms with van der Waals surface area (Å²) >= 11 is 3.04. The molecule has 0 unspecified atom stereocenters. The van der Waals surface area contributed by atoms with Gasteiger partial charge in [-0.1, -0.05) is 24.3 Å². The van der Waals surface area contributed by atoms with Gasteiger partial charge in [-0.3, -0.25) is 9.59 Å². The highest BCUT2D eigenvalue weighted by molar-refractivity contribution is 7.99. The quantitative estimate of drug-likeness (QED) is 0.632. The SMILES string of the molecule is Cc1sc2nc(CS[C@@H](C)C(=O)N[C@@H]3CCCc4ccccc43)[nH]c(=O)c2c1C. The number of aryl methyl sites for hydroxylation is 3. The van der Waals surface area contributed by atoms with Crippen molar-refractivity contribution in [3.05, 3.63) is 62.0 Å². The van der Waals surface area contributed by atoms with Crippen LogP contribution in [0.2, 0.25) is 0 Å². The van der Waals surface area contributed by atoms with Crippen LogP contribution in [-0.4, -0.2) is 21.1 Å². The average molecular weight is 428 g/mol. The van der Waals surface area contributed by atoms with Crippen LogP contribution in [0.4, 0.5) is 0 Å². The van der Waals surface area contributed by atoms with Gasteiger partial charge in [0, 0.05) is 4.88 Å². The number of thiophene rings is 1. The summed E-state index contributed by atoms with van der Waals surface area (Å²) in [4.78, 5) is 34.5. The summed E-state index contributed by atoms with van der Waals surface area (Å²) in [7, 11) is 0. The average Bonchev–Trinajstić information content (AvgIpc) is 3.00. The fraction of sp³-hybridized carbons (Fsp3) is 0.409. The molecule has 0 saturated heterocycles. The summed E-state index contributed by atoms with van der Waals surface area (Å²) in [5, 5.41) is 3.67. The number of nitrogens with one attached hydrogen (secondary N) is 2. The number of H-pyrrole nitrogens is 1. The van der Waals surface area contributed by atoms with Crippen LogP contribution in [0.15, 0.2) is 29.1 Å². The van der Waals surface area contributed by atoms with Gasteiger partial charge in [-0.15, -0.1) is 23.1 Å². The lowest BCUT2D eigenvalue weighted by molar-refractivity contribution is -0.121. The summed E-state index contributed by atoms with van der Waals surface area (Å²) in [5.41, 5.74) is 3.48. The van der Waals surface area contributed by atoms with Gasteiger partial charge in [0.25, 0.3) is 5.56 Å². The molecule has 3 aromatic rings. The fourth-order valence-electron chi connectivity index (χ4n) is 3.84. The fourth-order valence-corrected chi connectivity index (χ4v) is 5.65. The van der Waals surface area contributed by atoms with Crippen LogP contribution in [-0.2, 0) is 17.0 Å². The third-order valence-electron chi connectivity index (χ3n) is 5.61. The number of carbonyl (C=O) groups is 1. The third kappa shape index (κ3) is 4.12. The van der Waals surface area contributed by atoms with Crippen molar-refractivity contribution in [1.82, 2.24) is 15.3 Å². The van der Waals surface area contributed by atoms with Crippen LogP contribution in [0, 0.1) is 13.8 Å². The number of aromatic nitrogens is 2. The molecule has 1 aliphatic carbocycles. The van der Waals surface area contributed by atoms with Crippen LogP contribution in [0.3, 0.4) is 0 Å². The van der Waals surface area contributed by atoms with E-state index in [-0.39, 0.29) is 22.8 Å². The van der Waals surface area contributed by atoms with Crippen molar-refractivity contribution in [2.75, 3.05) is 0 Å². The number of aromatic amines is 1. The van der Waals surface area contributed by atoms with E-state index in [1.165, 1.54) is 22.9 Å². The number of thioether (sulfide) groups is 1. The highest BCUT2D eigenvalue weighted by atomic mass is 32.2. The number of benzene rings is 1. The van der Waals surface area contributed by atoms with Gasteiger partial charge in [0.2, 0.25) is 5.91 Å². The van der Waals surface area contributed by atoms with Gasteiger partial charge in [0.05, 0.1) is 22.4 Å². The lowest BCUT2D eigenvalue weighted by Gasteiger charge is -2.27. The largest absolute Gasteiger partial charge is 0.348 e. The molecule has 0 saturated carbocycles. The number of amides is 1. The molecule has 7 heteroatoms. The van der Waals surface area contributed by atoms with E-state index in [1.54, 1.807) is 11.3 Å². The highest BCUT2D eigenvalue weighted by Gasteiger charge is 2.24. The smallest absolute Gasteiger partial charge is 0.259 e. The summed E-state index contributed by atoms with van der Waals surface area (Å²) in [5.74, 6) is 1.15. The lowest BCUT2D eigenvalue weighted by Crippen LogP contribution is -2.36. The van der Waals surface area contributed by atoms with Gasteiger partial charge in [0.1, 0.15) is 10.7 Å². The number of hydrogen-bond donors (Lipinski definition) is 2. The Morgan fingerprint density at radius 1 is 1.38 bits per heavy atom. The molecule has 4 rings (SSSR count). The van der Waals surface area contributed by atoms with Gasteiger partial charge in [0.15, 0.2) is 0 Å². The zero-order valence-corrected chi connectivity index (χ0v) is 18.5. The molecule has 0 aliphatic heterocycles. The molecule has 5 nitrogen and oxygen atoms in total. The van der Waals surface area contributed by atoms with Crippen molar-refractivity contribution >= 4 is 39.2 Å². The summed E-state index contributed by atoms with van der Waals surface area (Å²) in [6.45, 7) is 5.87. The number of rotatable bonds is 5. The first-order chi connectivity index (χ1) is 13.9. The molecule has 2 aromatic heterocycles. The highest BCUT2D eigenvalue weighted by Crippen LogP contribution is 2.30. The van der Waals surface area contributed by atoms with E-state index in [0.717, 1.165) is 34.5 Å². The first-order valence-electron chi connectivity index (χ1n) is 9.92. The van der Waals surface area contributed by atoms with Gasteiger partial charge in [-0.2, -0.15) is 0 Å². The maximum Gasteiger partial charge on any atom is 0.259 e. The lowest BCUT2D eigenvalue weighted by atomic mass is 9.88. The summed E-state index contributed by atoms with van der Waals surface area (Å²) < 4.78 is 0. The normalized spacial score (nSPS) is 17.1. The number of nitrogens with zero attached hydrogens (tertiary/aromatic N) is 1. The van der Waals surface area contributed by atoms with Gasteiger partial charge < -0.3 is 10.3 Å². The van der Waals surface area contributed by atoms with E-state index < -0.39 is 0 Å². The van der Waals surface area contributed by atoms with Gasteiger partial charge in [-0.25, -0.2) is 4.98 Å². The molecule has 2 atom stereocenters. The Kier molecular flexibility index (Phi) is 5.79. The Hall–Kier alpha value is -2.12. The zero-order chi connectivity index (χ0) is 20.5. The first kappa shape index (κ1) is 20.2.